The van der Waals surface area contributed by atoms with E-state index in [4.69, 9.17) is 42.9 Å². The molecular formula is Fe2Mo4O15. The summed E-state index contributed by atoms with van der Waals surface area (Å²) >= 11 is -18.1. The van der Waals surface area contributed by atoms with Crippen LogP contribution < -0.4 is 22.6 Å². The summed E-state index contributed by atoms with van der Waals surface area (Å²) in [4.78, 5) is 0. The zero-order valence-corrected chi connectivity index (χ0v) is 18.7. The molecule has 15 nitrogen and oxygen atoms in total. The van der Waals surface area contributed by atoms with Gasteiger partial charge in [-0.1, -0.05) is 0 Å². The molecule has 0 saturated heterocycles. The van der Waals surface area contributed by atoms with Gasteiger partial charge in [-0.25, -0.2) is 0 Å². The maximum absolute atomic E-state index is 8.63. The van der Waals surface area contributed by atoms with Crippen LogP contribution in [0.15, 0.2) is 0 Å². The molecule has 0 aromatic carbocycles. The number of rotatable bonds is 0. The van der Waals surface area contributed by atoms with Gasteiger partial charge >= 0.3 is 148 Å². The molecule has 0 N–H and O–H groups in total. The summed E-state index contributed by atoms with van der Waals surface area (Å²) in [5.41, 5.74) is 0. The maximum atomic E-state index is 8.63. The third-order valence-electron chi connectivity index (χ3n) is 0. The van der Waals surface area contributed by atoms with Crippen molar-refractivity contribution in [3.8, 4) is 0 Å². The van der Waals surface area contributed by atoms with E-state index in [2.05, 4.69) is 0 Å². The summed E-state index contributed by atoms with van der Waals surface area (Å²) in [6.07, 6.45) is 0. The fourth-order valence-corrected chi connectivity index (χ4v) is 0. The molecule has 0 rings (SSSR count). The predicted molar refractivity (Wildman–Crippen MR) is 6.18 cm³/mol. The van der Waals surface area contributed by atoms with Gasteiger partial charge in [-0.2, -0.15) is 0 Å². The first kappa shape index (κ1) is 56.7. The summed E-state index contributed by atoms with van der Waals surface area (Å²) in [5.74, 6) is 0. The van der Waals surface area contributed by atoms with E-state index in [1.54, 1.807) is 0 Å². The van der Waals surface area contributed by atoms with Crippen LogP contribution in [0.4, 0.5) is 0 Å². The van der Waals surface area contributed by atoms with E-state index in [1.807, 2.05) is 0 Å². The Hall–Kier alpha value is 2.23. The molecule has 21 heteroatoms. The molecule has 0 amide bonds. The van der Waals surface area contributed by atoms with Crippen molar-refractivity contribution in [2.24, 2.45) is 0 Å². The number of hydrogen-bond acceptors (Lipinski definition) is 12. The normalized spacial score (nSPS) is 8.29. The molecule has 0 aliphatic heterocycles. The van der Waals surface area contributed by atoms with Crippen molar-refractivity contribution in [2.45, 2.75) is 0 Å². The summed E-state index contributed by atoms with van der Waals surface area (Å²) in [5, 5.41) is 0. The first-order chi connectivity index (χ1) is 6.00. The Morgan fingerprint density at radius 2 is 0.429 bits per heavy atom. The van der Waals surface area contributed by atoms with Crippen LogP contribution in [-0.4, -0.2) is 0 Å². The minimum atomic E-state index is -6.02. The third-order valence-corrected chi connectivity index (χ3v) is 0. The van der Waals surface area contributed by atoms with E-state index in [0.717, 1.165) is 0 Å². The van der Waals surface area contributed by atoms with Crippen molar-refractivity contribution < 1.29 is 165 Å². The molecule has 0 atom stereocenters. The molecular weight excluding hydrogens is 735 g/mol. The molecule has 0 aromatic rings. The van der Waals surface area contributed by atoms with Crippen molar-refractivity contribution in [1.29, 1.82) is 0 Å². The standard InChI is InChI=1S/2Fe.4Mo.15O/q2*+3;;;;+6;;;;;;;3*-2;6*-1. The molecule has 0 aromatic heterocycles. The Morgan fingerprint density at radius 1 is 0.429 bits per heavy atom. The van der Waals surface area contributed by atoms with Crippen LogP contribution in [0, 0.1) is 0 Å². The number of hydrogen-bond donors (Lipinski definition) is 0. The second kappa shape index (κ2) is 24.5. The molecule has 21 heavy (non-hydrogen) atoms. The summed E-state index contributed by atoms with van der Waals surface area (Å²) in [6.45, 7) is 0. The molecule has 0 bridgehead atoms. The topological polar surface area (TPSA) is 326 Å². The van der Waals surface area contributed by atoms with Gasteiger partial charge in [0.15, 0.2) is 0 Å². The zero-order valence-electron chi connectivity index (χ0n) is 8.46. The Bertz CT molecular complexity index is 345. The molecule has 0 aliphatic carbocycles. The average Bonchev–Trinajstić information content (AvgIpc) is 1.41. The van der Waals surface area contributed by atoms with E-state index in [9.17, 15) is 0 Å². The van der Waals surface area contributed by atoms with Gasteiger partial charge in [0, 0.05) is 0 Å². The van der Waals surface area contributed by atoms with Crippen LogP contribution in [0.1, 0.15) is 0 Å². The van der Waals surface area contributed by atoms with Crippen molar-refractivity contribution in [3.05, 3.63) is 0 Å². The van der Waals surface area contributed by atoms with Crippen molar-refractivity contribution in [1.82, 2.24) is 0 Å². The quantitative estimate of drug-likeness (QED) is 0.209. The second-order valence-corrected chi connectivity index (χ2v) is 7.25. The van der Waals surface area contributed by atoms with Crippen LogP contribution in [-0.2, 0) is 142 Å². The molecule has 0 saturated carbocycles. The van der Waals surface area contributed by atoms with Gasteiger partial charge in [0.25, 0.3) is 0 Å². The molecule has 0 heterocycles. The fraction of sp³-hybridized carbons (Fsp3) is 0. The van der Waals surface area contributed by atoms with Crippen LogP contribution in [0.25, 0.3) is 0 Å². The SMILES string of the molecule is [Fe+3].[Fe+3].[Mo+6].[O-2].[O-2].[O-2].[O]=[Mo](=[O])([O-])[O-].[O]=[Mo](=[O])([O-])[O-].[O]=[Mo](=[O])([O-])[O-]. The zero-order chi connectivity index (χ0) is 13.5. The van der Waals surface area contributed by atoms with Crippen LogP contribution in [0.3, 0.4) is 0 Å². The summed E-state index contributed by atoms with van der Waals surface area (Å²) in [7, 11) is 0. The first-order valence-corrected chi connectivity index (χ1v) is 11.8. The Balaban J connectivity index is -0.0000000129. The van der Waals surface area contributed by atoms with Gasteiger partial charge in [0.2, 0.25) is 0 Å². The van der Waals surface area contributed by atoms with Gasteiger partial charge in [-0.3, -0.25) is 0 Å². The molecule has 0 fully saturated rings. The van der Waals surface area contributed by atoms with Gasteiger partial charge < -0.3 is 16.4 Å². The monoisotopic (exact) mass is 743 g/mol. The van der Waals surface area contributed by atoms with Gasteiger partial charge in [0.1, 0.15) is 0 Å². The fourth-order valence-electron chi connectivity index (χ4n) is 0. The average molecular weight is 735 g/mol. The predicted octanol–water partition coefficient (Wildman–Crippen LogP) is -8.22. The van der Waals surface area contributed by atoms with Gasteiger partial charge in [-0.05, 0) is 0 Å². The molecule has 0 aliphatic rings. The van der Waals surface area contributed by atoms with Crippen molar-refractivity contribution >= 4 is 0 Å². The van der Waals surface area contributed by atoms with Crippen molar-refractivity contribution in [3.63, 3.8) is 0 Å². The third kappa shape index (κ3) is 1830. The molecule has 0 unspecified atom stereocenters. The Kier molecular flexibility index (Phi) is 66.1. The van der Waals surface area contributed by atoms with Gasteiger partial charge in [-0.15, -0.1) is 0 Å². The second-order valence-electron chi connectivity index (χ2n) is 1.22. The molecule has 130 valence electrons. The van der Waals surface area contributed by atoms with Crippen LogP contribution in [0.2, 0.25) is 0 Å². The Labute approximate surface area is 163 Å². The van der Waals surface area contributed by atoms with E-state index >= 15 is 0 Å². The minimum absolute atomic E-state index is 0. The summed E-state index contributed by atoms with van der Waals surface area (Å²) < 4.78 is 104. The summed E-state index contributed by atoms with van der Waals surface area (Å²) in [6, 6.07) is 0. The van der Waals surface area contributed by atoms with Gasteiger partial charge in [0.05, 0.1) is 0 Å². The van der Waals surface area contributed by atoms with Crippen molar-refractivity contribution in [2.75, 3.05) is 0 Å². The van der Waals surface area contributed by atoms with E-state index < -0.39 is 50.2 Å². The Morgan fingerprint density at radius 3 is 0.429 bits per heavy atom. The molecule has 0 spiro atoms. The van der Waals surface area contributed by atoms with E-state index in [1.165, 1.54) is 0 Å². The first-order valence-electron chi connectivity index (χ1n) is 2.00. The van der Waals surface area contributed by atoms with E-state index in [-0.39, 0.29) is 71.6 Å². The van der Waals surface area contributed by atoms with Crippen LogP contribution in [0.5, 0.6) is 0 Å². The van der Waals surface area contributed by atoms with E-state index in [0.29, 0.717) is 0 Å². The molecule has 2 radical (unpaired) electrons. The van der Waals surface area contributed by atoms with Crippen LogP contribution >= 0.6 is 0 Å².